The summed E-state index contributed by atoms with van der Waals surface area (Å²) in [6.45, 7) is 5.36. The lowest BCUT2D eigenvalue weighted by Gasteiger charge is -2.30. The van der Waals surface area contributed by atoms with Crippen molar-refractivity contribution < 1.29 is 23.0 Å². The van der Waals surface area contributed by atoms with Crippen LogP contribution >= 0.6 is 0 Å². The van der Waals surface area contributed by atoms with E-state index in [1.807, 2.05) is 13.8 Å². The second-order valence-corrected chi connectivity index (χ2v) is 5.19. The summed E-state index contributed by atoms with van der Waals surface area (Å²) < 4.78 is 34.5. The van der Waals surface area contributed by atoms with Gasteiger partial charge in [-0.3, -0.25) is 10.1 Å². The van der Waals surface area contributed by atoms with Crippen molar-refractivity contribution in [2.45, 2.75) is 64.1 Å². The van der Waals surface area contributed by atoms with Gasteiger partial charge in [-0.15, -0.1) is 0 Å². The van der Waals surface area contributed by atoms with Crippen LogP contribution in [0.3, 0.4) is 0 Å². The van der Waals surface area contributed by atoms with Crippen LogP contribution in [-0.2, 0) is 14.3 Å². The zero-order valence-electron chi connectivity index (χ0n) is 11.7. The normalized spacial score (nSPS) is 27.2. The molecular weight excluding hydrogens is 256 g/mol. The zero-order chi connectivity index (χ0) is 14.5. The molecule has 1 N–H and O–H groups in total. The number of hydrogen-bond acceptors (Lipinski definition) is 4. The van der Waals surface area contributed by atoms with Crippen molar-refractivity contribution in [2.24, 2.45) is 0 Å². The molecule has 19 heavy (non-hydrogen) atoms. The summed E-state index contributed by atoms with van der Waals surface area (Å²) in [7, 11) is 0. The monoisotopic (exact) mass is 279 g/mol. The Morgan fingerprint density at radius 1 is 1.47 bits per heavy atom. The summed E-state index contributed by atoms with van der Waals surface area (Å²) in [4.78, 5) is 12.1. The maximum Gasteiger partial charge on any atom is 0.326 e. The Morgan fingerprint density at radius 2 is 2.16 bits per heavy atom. The summed E-state index contributed by atoms with van der Waals surface area (Å²) in [5.74, 6) is -0.313. The van der Waals surface area contributed by atoms with E-state index in [4.69, 9.17) is 9.47 Å². The molecule has 0 amide bonds. The average molecular weight is 279 g/mol. The molecule has 0 aromatic rings. The molecule has 0 spiro atoms. The molecule has 0 radical (unpaired) electrons. The van der Waals surface area contributed by atoms with Crippen LogP contribution < -0.4 is 5.32 Å². The van der Waals surface area contributed by atoms with Gasteiger partial charge >= 0.3 is 5.97 Å². The quantitative estimate of drug-likeness (QED) is 0.725. The fourth-order valence-corrected chi connectivity index (χ4v) is 2.55. The van der Waals surface area contributed by atoms with Crippen LogP contribution in [0.2, 0.25) is 0 Å². The number of carbonyl (C=O) groups is 1. The van der Waals surface area contributed by atoms with Crippen molar-refractivity contribution in [1.82, 2.24) is 5.32 Å². The first-order valence-electron chi connectivity index (χ1n) is 6.74. The molecule has 6 heteroatoms. The molecule has 0 aromatic heterocycles. The van der Waals surface area contributed by atoms with Crippen molar-refractivity contribution >= 4 is 5.97 Å². The highest BCUT2D eigenvalue weighted by molar-refractivity contribution is 5.81. The molecule has 0 heterocycles. The Balaban J connectivity index is 2.64. The Bertz CT molecular complexity index is 300. The molecule has 0 aliphatic heterocycles. The van der Waals surface area contributed by atoms with Crippen molar-refractivity contribution in [3.63, 3.8) is 0 Å². The fourth-order valence-electron chi connectivity index (χ4n) is 2.55. The van der Waals surface area contributed by atoms with E-state index in [1.54, 1.807) is 6.92 Å². The predicted molar refractivity (Wildman–Crippen MR) is 67.2 cm³/mol. The van der Waals surface area contributed by atoms with Gasteiger partial charge in [0.25, 0.3) is 6.43 Å². The summed E-state index contributed by atoms with van der Waals surface area (Å²) >= 11 is 0. The minimum atomic E-state index is -2.48. The molecule has 1 saturated carbocycles. The van der Waals surface area contributed by atoms with Crippen molar-refractivity contribution in [3.8, 4) is 0 Å². The molecule has 4 nitrogen and oxygen atoms in total. The highest BCUT2D eigenvalue weighted by Gasteiger charge is 2.47. The first-order chi connectivity index (χ1) is 8.89. The number of nitrogens with one attached hydrogen (secondary N) is 1. The molecule has 0 aromatic carbocycles. The minimum absolute atomic E-state index is 0.109. The first kappa shape index (κ1) is 16.3. The molecule has 2 unspecified atom stereocenters. The first-order valence-corrected chi connectivity index (χ1v) is 6.74. The van der Waals surface area contributed by atoms with Gasteiger partial charge in [-0.1, -0.05) is 0 Å². The summed E-state index contributed by atoms with van der Waals surface area (Å²) in [6.07, 6.45) is -1.26. The number of rotatable bonds is 7. The van der Waals surface area contributed by atoms with Gasteiger partial charge in [-0.2, -0.15) is 0 Å². The van der Waals surface area contributed by atoms with Crippen LogP contribution in [0.15, 0.2) is 0 Å². The molecule has 1 aliphatic carbocycles. The van der Waals surface area contributed by atoms with E-state index >= 15 is 0 Å². The van der Waals surface area contributed by atoms with E-state index in [1.165, 1.54) is 0 Å². The number of hydrogen-bond donors (Lipinski definition) is 1. The topological polar surface area (TPSA) is 47.6 Å². The van der Waals surface area contributed by atoms with Crippen molar-refractivity contribution in [2.75, 3.05) is 13.2 Å². The van der Waals surface area contributed by atoms with Crippen LogP contribution in [-0.4, -0.2) is 43.3 Å². The lowest BCUT2D eigenvalue weighted by Crippen LogP contribution is -2.54. The smallest absolute Gasteiger partial charge is 0.326 e. The second-order valence-electron chi connectivity index (χ2n) is 5.19. The molecule has 112 valence electrons. The molecule has 0 saturated heterocycles. The van der Waals surface area contributed by atoms with Crippen molar-refractivity contribution in [3.05, 3.63) is 0 Å². The van der Waals surface area contributed by atoms with E-state index in [2.05, 4.69) is 5.32 Å². The SMILES string of the molecule is CCOC(=O)C1(NC(C)C)CCC(OCC(F)F)C1. The van der Waals surface area contributed by atoms with Crippen LogP contribution in [0.4, 0.5) is 8.78 Å². The van der Waals surface area contributed by atoms with Crippen LogP contribution in [0.5, 0.6) is 0 Å². The number of esters is 1. The summed E-state index contributed by atoms with van der Waals surface area (Å²) in [5, 5.41) is 3.22. The van der Waals surface area contributed by atoms with E-state index in [-0.39, 0.29) is 18.1 Å². The fraction of sp³-hybridized carbons (Fsp3) is 0.923. The highest BCUT2D eigenvalue weighted by atomic mass is 19.3. The number of halogens is 2. The van der Waals surface area contributed by atoms with Gasteiger partial charge in [0.1, 0.15) is 12.1 Å². The Labute approximate surface area is 112 Å². The molecule has 2 atom stereocenters. The lowest BCUT2D eigenvalue weighted by atomic mass is 9.96. The third kappa shape index (κ3) is 4.69. The predicted octanol–water partition coefficient (Wildman–Crippen LogP) is 2.12. The number of carbonyl (C=O) groups excluding carboxylic acids is 1. The highest BCUT2D eigenvalue weighted by Crippen LogP contribution is 2.34. The van der Waals surface area contributed by atoms with Gasteiger partial charge in [0.15, 0.2) is 0 Å². The van der Waals surface area contributed by atoms with Crippen molar-refractivity contribution in [1.29, 1.82) is 0 Å². The minimum Gasteiger partial charge on any atom is -0.465 e. The number of ether oxygens (including phenoxy) is 2. The number of alkyl halides is 2. The zero-order valence-corrected chi connectivity index (χ0v) is 11.7. The van der Waals surface area contributed by atoms with Gasteiger partial charge in [0.05, 0.1) is 12.7 Å². The Kier molecular flexibility index (Phi) is 6.13. The van der Waals surface area contributed by atoms with Gasteiger partial charge < -0.3 is 9.47 Å². The maximum atomic E-state index is 12.1. The van der Waals surface area contributed by atoms with Crippen LogP contribution in [0, 0.1) is 0 Å². The molecule has 1 aliphatic rings. The Hall–Kier alpha value is -0.750. The maximum absolute atomic E-state index is 12.1. The lowest BCUT2D eigenvalue weighted by molar-refractivity contribution is -0.152. The van der Waals surface area contributed by atoms with Gasteiger partial charge in [-0.25, -0.2) is 8.78 Å². The van der Waals surface area contributed by atoms with Gasteiger partial charge in [0.2, 0.25) is 0 Å². The van der Waals surface area contributed by atoms with E-state index < -0.39 is 18.6 Å². The largest absolute Gasteiger partial charge is 0.465 e. The average Bonchev–Trinajstić information content (AvgIpc) is 2.70. The van der Waals surface area contributed by atoms with Gasteiger partial charge in [-0.05, 0) is 33.6 Å². The summed E-state index contributed by atoms with van der Waals surface area (Å²) in [6, 6.07) is 0.109. The van der Waals surface area contributed by atoms with Gasteiger partial charge in [0, 0.05) is 12.5 Å². The Morgan fingerprint density at radius 3 is 2.68 bits per heavy atom. The van der Waals surface area contributed by atoms with E-state index in [9.17, 15) is 13.6 Å². The van der Waals surface area contributed by atoms with E-state index in [0.717, 1.165) is 0 Å². The third-order valence-electron chi connectivity index (χ3n) is 3.16. The van der Waals surface area contributed by atoms with Crippen LogP contribution in [0.25, 0.3) is 0 Å². The molecule has 1 fully saturated rings. The van der Waals surface area contributed by atoms with E-state index in [0.29, 0.717) is 25.9 Å². The third-order valence-corrected chi connectivity index (χ3v) is 3.16. The second kappa shape index (κ2) is 7.14. The molecular formula is C13H23F2NO3. The molecule has 1 rings (SSSR count). The van der Waals surface area contributed by atoms with Crippen LogP contribution in [0.1, 0.15) is 40.0 Å². The molecule has 0 bridgehead atoms. The standard InChI is InChI=1S/C13H23F2NO3/c1-4-18-12(17)13(16-9(2)3)6-5-10(7-13)19-8-11(14)15/h9-11,16H,4-8H2,1-3H3. The summed E-state index contributed by atoms with van der Waals surface area (Å²) in [5.41, 5.74) is -0.795.